The van der Waals surface area contributed by atoms with E-state index in [2.05, 4.69) is 20.0 Å². The molecular formula is C17H24N6O2. The van der Waals surface area contributed by atoms with Crippen LogP contribution in [0.25, 0.3) is 11.0 Å². The molecule has 0 aromatic carbocycles. The Balaban J connectivity index is 1.56. The summed E-state index contributed by atoms with van der Waals surface area (Å²) < 4.78 is 7.51. The summed E-state index contributed by atoms with van der Waals surface area (Å²) in [5.41, 5.74) is 1.39. The van der Waals surface area contributed by atoms with E-state index in [1.54, 1.807) is 12.5 Å². The molecule has 0 radical (unpaired) electrons. The number of carbonyl (C=O) groups is 1. The number of rotatable bonds is 1. The number of hydrogen-bond acceptors (Lipinski definition) is 6. The summed E-state index contributed by atoms with van der Waals surface area (Å²) in [6.07, 6.45) is 5.16. The maximum absolute atomic E-state index is 12.4. The number of amides is 1. The molecule has 134 valence electrons. The van der Waals surface area contributed by atoms with Gasteiger partial charge in [0.15, 0.2) is 5.82 Å². The molecule has 0 N–H and O–H groups in total. The van der Waals surface area contributed by atoms with Gasteiger partial charge in [0.05, 0.1) is 12.7 Å². The predicted octanol–water partition coefficient (Wildman–Crippen LogP) is 2.05. The van der Waals surface area contributed by atoms with E-state index in [9.17, 15) is 4.79 Å². The van der Waals surface area contributed by atoms with Gasteiger partial charge in [-0.1, -0.05) is 0 Å². The Morgan fingerprint density at radius 1 is 1.24 bits per heavy atom. The molecule has 1 atom stereocenters. The lowest BCUT2D eigenvalue weighted by molar-refractivity contribution is 0.0197. The SMILES string of the molecule is CC(C)(C)OC(=O)N1CCCC(N2CCn3ncc4ncnc2c43)C1. The van der Waals surface area contributed by atoms with Crippen LogP contribution in [-0.2, 0) is 11.3 Å². The second-order valence-electron chi connectivity index (χ2n) is 7.71. The summed E-state index contributed by atoms with van der Waals surface area (Å²) >= 11 is 0. The lowest BCUT2D eigenvalue weighted by Gasteiger charge is -2.41. The first-order chi connectivity index (χ1) is 11.9. The van der Waals surface area contributed by atoms with Crippen LogP contribution in [0.15, 0.2) is 12.5 Å². The minimum atomic E-state index is -0.472. The van der Waals surface area contributed by atoms with Crippen LogP contribution in [0.1, 0.15) is 33.6 Å². The van der Waals surface area contributed by atoms with Gasteiger partial charge in [-0.25, -0.2) is 14.8 Å². The highest BCUT2D eigenvalue weighted by atomic mass is 16.6. The van der Waals surface area contributed by atoms with E-state index in [0.29, 0.717) is 6.54 Å². The Kier molecular flexibility index (Phi) is 3.77. The van der Waals surface area contributed by atoms with Crippen molar-refractivity contribution < 1.29 is 9.53 Å². The molecule has 4 heterocycles. The van der Waals surface area contributed by atoms with Gasteiger partial charge in [-0.2, -0.15) is 5.10 Å². The van der Waals surface area contributed by atoms with Crippen LogP contribution in [0.5, 0.6) is 0 Å². The van der Waals surface area contributed by atoms with Gasteiger partial charge in [-0.15, -0.1) is 0 Å². The fourth-order valence-corrected chi connectivity index (χ4v) is 3.65. The van der Waals surface area contributed by atoms with Crippen molar-refractivity contribution in [1.29, 1.82) is 0 Å². The van der Waals surface area contributed by atoms with Crippen LogP contribution < -0.4 is 4.90 Å². The second kappa shape index (κ2) is 5.86. The number of aromatic nitrogens is 4. The van der Waals surface area contributed by atoms with Gasteiger partial charge in [0.2, 0.25) is 0 Å². The van der Waals surface area contributed by atoms with E-state index < -0.39 is 5.60 Å². The first-order valence-corrected chi connectivity index (χ1v) is 8.83. The van der Waals surface area contributed by atoms with E-state index in [1.807, 2.05) is 30.4 Å². The van der Waals surface area contributed by atoms with Crippen LogP contribution in [0.4, 0.5) is 10.6 Å². The zero-order chi connectivity index (χ0) is 17.6. The zero-order valence-corrected chi connectivity index (χ0v) is 15.0. The number of ether oxygens (including phenoxy) is 1. The Bertz CT molecular complexity index is 796. The minimum absolute atomic E-state index is 0.230. The quantitative estimate of drug-likeness (QED) is 0.788. The molecule has 4 rings (SSSR count). The number of hydrogen-bond donors (Lipinski definition) is 0. The number of nitrogens with zero attached hydrogens (tertiary/aromatic N) is 6. The van der Waals surface area contributed by atoms with Crippen molar-refractivity contribution in [2.75, 3.05) is 24.5 Å². The second-order valence-corrected chi connectivity index (χ2v) is 7.71. The lowest BCUT2D eigenvalue weighted by Crippen LogP contribution is -2.52. The fraction of sp³-hybridized carbons (Fsp3) is 0.647. The van der Waals surface area contributed by atoms with Crippen molar-refractivity contribution in [3.63, 3.8) is 0 Å². The molecule has 1 saturated heterocycles. The van der Waals surface area contributed by atoms with Crippen LogP contribution in [-0.4, -0.2) is 62.0 Å². The van der Waals surface area contributed by atoms with Crippen molar-refractivity contribution in [3.05, 3.63) is 12.5 Å². The Hall–Kier alpha value is -2.38. The van der Waals surface area contributed by atoms with Gasteiger partial charge in [0.25, 0.3) is 0 Å². The lowest BCUT2D eigenvalue weighted by atomic mass is 10.0. The van der Waals surface area contributed by atoms with Crippen LogP contribution in [0, 0.1) is 0 Å². The summed E-state index contributed by atoms with van der Waals surface area (Å²) in [6.45, 7) is 8.76. The van der Waals surface area contributed by atoms with Gasteiger partial charge in [0.1, 0.15) is 23.0 Å². The third-order valence-corrected chi connectivity index (χ3v) is 4.72. The summed E-state index contributed by atoms with van der Waals surface area (Å²) in [7, 11) is 0. The van der Waals surface area contributed by atoms with Crippen LogP contribution in [0.2, 0.25) is 0 Å². The normalized spacial score (nSPS) is 20.8. The van der Waals surface area contributed by atoms with Gasteiger partial charge < -0.3 is 14.5 Å². The highest BCUT2D eigenvalue weighted by Gasteiger charge is 2.33. The summed E-state index contributed by atoms with van der Waals surface area (Å²) in [5.74, 6) is 0.921. The molecule has 2 aliphatic heterocycles. The zero-order valence-electron chi connectivity index (χ0n) is 15.0. The molecule has 0 bridgehead atoms. The third kappa shape index (κ3) is 3.01. The molecule has 2 aliphatic rings. The molecule has 0 aliphatic carbocycles. The van der Waals surface area contributed by atoms with Gasteiger partial charge in [-0.05, 0) is 33.6 Å². The molecule has 0 saturated carbocycles. The largest absolute Gasteiger partial charge is 0.444 e. The number of piperidine rings is 1. The van der Waals surface area contributed by atoms with Gasteiger partial charge in [-0.3, -0.25) is 4.68 Å². The number of likely N-dealkylation sites (tertiary alicyclic amines) is 1. The number of anilines is 1. The Morgan fingerprint density at radius 2 is 2.08 bits per heavy atom. The maximum Gasteiger partial charge on any atom is 0.410 e. The molecule has 1 fully saturated rings. The molecule has 0 spiro atoms. The summed E-state index contributed by atoms with van der Waals surface area (Å²) in [5, 5.41) is 4.39. The van der Waals surface area contributed by atoms with E-state index >= 15 is 0 Å². The first-order valence-electron chi connectivity index (χ1n) is 8.83. The molecule has 8 heteroatoms. The highest BCUT2D eigenvalue weighted by Crippen LogP contribution is 2.30. The first kappa shape index (κ1) is 16.1. The fourth-order valence-electron chi connectivity index (χ4n) is 3.65. The van der Waals surface area contributed by atoms with Crippen molar-refractivity contribution in [1.82, 2.24) is 24.6 Å². The van der Waals surface area contributed by atoms with Crippen molar-refractivity contribution in [2.24, 2.45) is 0 Å². The molecule has 1 unspecified atom stereocenters. The standard InChI is InChI=1S/C17H24N6O2/c1-17(2,3)25-16(24)21-6-4-5-12(10-21)22-7-8-23-14-13(9-20-23)18-11-19-15(14)22/h9,11-12H,4-8,10H2,1-3H3. The monoisotopic (exact) mass is 344 g/mol. The molecule has 8 nitrogen and oxygen atoms in total. The average molecular weight is 344 g/mol. The van der Waals surface area contributed by atoms with E-state index in [4.69, 9.17) is 4.74 Å². The van der Waals surface area contributed by atoms with Gasteiger partial charge in [0, 0.05) is 25.7 Å². The summed E-state index contributed by atoms with van der Waals surface area (Å²) in [6, 6.07) is 0.239. The molecular weight excluding hydrogens is 320 g/mol. The van der Waals surface area contributed by atoms with Crippen molar-refractivity contribution in [3.8, 4) is 0 Å². The molecule has 2 aromatic rings. The minimum Gasteiger partial charge on any atom is -0.444 e. The van der Waals surface area contributed by atoms with Crippen LogP contribution >= 0.6 is 0 Å². The summed E-state index contributed by atoms with van der Waals surface area (Å²) in [4.78, 5) is 25.4. The van der Waals surface area contributed by atoms with Gasteiger partial charge >= 0.3 is 6.09 Å². The van der Waals surface area contributed by atoms with Crippen LogP contribution in [0.3, 0.4) is 0 Å². The molecule has 2 aromatic heterocycles. The van der Waals surface area contributed by atoms with E-state index in [0.717, 1.165) is 49.3 Å². The molecule has 1 amide bonds. The Morgan fingerprint density at radius 3 is 2.88 bits per heavy atom. The van der Waals surface area contributed by atoms with Crippen molar-refractivity contribution >= 4 is 22.9 Å². The molecule has 25 heavy (non-hydrogen) atoms. The highest BCUT2D eigenvalue weighted by molar-refractivity contribution is 5.86. The predicted molar refractivity (Wildman–Crippen MR) is 93.5 cm³/mol. The van der Waals surface area contributed by atoms with Crippen molar-refractivity contribution in [2.45, 2.75) is 51.8 Å². The topological polar surface area (TPSA) is 76.4 Å². The number of carbonyl (C=O) groups excluding carboxylic acids is 1. The maximum atomic E-state index is 12.4. The van der Waals surface area contributed by atoms with E-state index in [-0.39, 0.29) is 12.1 Å². The average Bonchev–Trinajstić information content (AvgIpc) is 2.99. The third-order valence-electron chi connectivity index (χ3n) is 4.72. The Labute approximate surface area is 146 Å². The van der Waals surface area contributed by atoms with E-state index in [1.165, 1.54) is 0 Å². The smallest absolute Gasteiger partial charge is 0.410 e.